The molecule has 0 bridgehead atoms. The van der Waals surface area contributed by atoms with Gasteiger partial charge in [-0.3, -0.25) is 4.89 Å². The van der Waals surface area contributed by atoms with Crippen LogP contribution in [0, 0.1) is 5.92 Å². The highest BCUT2D eigenvalue weighted by Crippen LogP contribution is 2.24. The molecule has 0 aromatic carbocycles. The molecule has 0 unspecified atom stereocenters. The van der Waals surface area contributed by atoms with E-state index < -0.39 is 17.7 Å². The smallest absolute Gasteiger partial charge is 0.374 e. The summed E-state index contributed by atoms with van der Waals surface area (Å²) in [6.07, 6.45) is 8.19. The second-order valence-electron chi connectivity index (χ2n) is 5.83. The van der Waals surface area contributed by atoms with Crippen LogP contribution < -0.4 is 0 Å². The lowest BCUT2D eigenvalue weighted by Crippen LogP contribution is -2.27. The van der Waals surface area contributed by atoms with Crippen LogP contribution >= 0.6 is 0 Å². The molecule has 0 heterocycles. The van der Waals surface area contributed by atoms with E-state index in [2.05, 4.69) is 4.89 Å². The van der Waals surface area contributed by atoms with Crippen molar-refractivity contribution in [3.63, 3.8) is 0 Å². The maximum absolute atomic E-state index is 11.4. The van der Waals surface area contributed by atoms with Crippen LogP contribution in [0.3, 0.4) is 0 Å². The van der Waals surface area contributed by atoms with E-state index >= 15 is 0 Å². The Balaban J connectivity index is 2.32. The van der Waals surface area contributed by atoms with Crippen molar-refractivity contribution in [2.24, 2.45) is 5.92 Å². The van der Waals surface area contributed by atoms with E-state index in [-0.39, 0.29) is 0 Å². The van der Waals surface area contributed by atoms with Crippen molar-refractivity contribution in [2.45, 2.75) is 64.6 Å². The Kier molecular flexibility index (Phi) is 5.82. The molecule has 0 aliphatic heterocycles. The lowest BCUT2D eigenvalue weighted by molar-refractivity contribution is -0.323. The van der Waals surface area contributed by atoms with Crippen LogP contribution in [0.2, 0.25) is 0 Å². The van der Waals surface area contributed by atoms with Crippen molar-refractivity contribution in [3.8, 4) is 0 Å². The summed E-state index contributed by atoms with van der Waals surface area (Å²) in [5, 5.41) is 9.60. The third kappa shape index (κ3) is 6.17. The summed E-state index contributed by atoms with van der Waals surface area (Å²) >= 11 is 0. The van der Waals surface area contributed by atoms with Gasteiger partial charge in [-0.15, -0.1) is 0 Å². The van der Waals surface area contributed by atoms with Crippen LogP contribution in [0.25, 0.3) is 0 Å². The van der Waals surface area contributed by atoms with Gasteiger partial charge in [-0.25, -0.2) is 4.79 Å². The molecule has 1 saturated carbocycles. The lowest BCUT2D eigenvalue weighted by Gasteiger charge is -2.19. The molecule has 4 nitrogen and oxygen atoms in total. The first-order chi connectivity index (χ1) is 8.38. The number of allylic oxidation sites excluding steroid dienone is 1. The van der Waals surface area contributed by atoms with E-state index in [1.54, 1.807) is 20.8 Å². The Bertz CT molecular complexity index is 285. The van der Waals surface area contributed by atoms with Gasteiger partial charge in [0.1, 0.15) is 5.60 Å². The normalized spacial score (nSPS) is 20.0. The van der Waals surface area contributed by atoms with Gasteiger partial charge in [-0.1, -0.05) is 25.3 Å². The molecule has 4 heteroatoms. The monoisotopic (exact) mass is 256 g/mol. The Labute approximate surface area is 109 Å². The van der Waals surface area contributed by atoms with E-state index in [4.69, 9.17) is 4.89 Å². The molecule has 0 aromatic rings. The van der Waals surface area contributed by atoms with E-state index in [1.807, 2.05) is 6.08 Å². The molecule has 1 aliphatic rings. The molecule has 0 spiro atoms. The lowest BCUT2D eigenvalue weighted by atomic mass is 9.89. The van der Waals surface area contributed by atoms with Crippen molar-refractivity contribution in [2.75, 3.05) is 0 Å². The Morgan fingerprint density at radius 1 is 1.28 bits per heavy atom. The molecular weight excluding hydrogens is 232 g/mol. The minimum Gasteiger partial charge on any atom is -0.377 e. The van der Waals surface area contributed by atoms with E-state index in [0.717, 1.165) is 12.8 Å². The Morgan fingerprint density at radius 2 is 1.89 bits per heavy atom. The van der Waals surface area contributed by atoms with Crippen LogP contribution in [-0.2, 0) is 14.6 Å². The van der Waals surface area contributed by atoms with E-state index in [9.17, 15) is 9.90 Å². The molecule has 1 N–H and O–H groups in total. The topological polar surface area (TPSA) is 55.8 Å². The average Bonchev–Trinajstić information content (AvgIpc) is 2.33. The van der Waals surface area contributed by atoms with Gasteiger partial charge < -0.3 is 5.11 Å². The number of hydrogen-bond donors (Lipinski definition) is 1. The zero-order chi connectivity index (χ0) is 13.6. The fraction of sp³-hybridized carbons (Fsp3) is 0.786. The second-order valence-corrected chi connectivity index (χ2v) is 5.83. The van der Waals surface area contributed by atoms with Gasteiger partial charge in [0, 0.05) is 0 Å². The zero-order valence-electron chi connectivity index (χ0n) is 11.5. The number of aliphatic hydroxyl groups excluding tert-OH is 1. The third-order valence-electron chi connectivity index (χ3n) is 2.83. The van der Waals surface area contributed by atoms with Crippen LogP contribution in [0.1, 0.15) is 52.9 Å². The summed E-state index contributed by atoms with van der Waals surface area (Å²) < 4.78 is 0. The van der Waals surface area contributed by atoms with E-state index in [0.29, 0.717) is 5.92 Å². The summed E-state index contributed by atoms with van der Waals surface area (Å²) in [7, 11) is 0. The highest BCUT2D eigenvalue weighted by atomic mass is 17.2. The zero-order valence-corrected chi connectivity index (χ0v) is 11.5. The molecule has 1 aliphatic carbocycles. The van der Waals surface area contributed by atoms with Crippen molar-refractivity contribution >= 4 is 5.97 Å². The second kappa shape index (κ2) is 6.90. The van der Waals surface area contributed by atoms with Gasteiger partial charge >= 0.3 is 5.97 Å². The molecule has 1 atom stereocenters. The summed E-state index contributed by atoms with van der Waals surface area (Å²) in [6.45, 7) is 5.31. The Morgan fingerprint density at radius 3 is 2.44 bits per heavy atom. The third-order valence-corrected chi connectivity index (χ3v) is 2.83. The maximum Gasteiger partial charge on any atom is 0.374 e. The SMILES string of the molecule is CC(C)(C)OOC(=O)[C@@H](O)/C=C/C1CCCCC1. The predicted molar refractivity (Wildman–Crippen MR) is 68.7 cm³/mol. The van der Waals surface area contributed by atoms with Gasteiger partial charge in [-0.2, -0.15) is 4.89 Å². The summed E-state index contributed by atoms with van der Waals surface area (Å²) in [4.78, 5) is 20.8. The largest absolute Gasteiger partial charge is 0.377 e. The van der Waals surface area contributed by atoms with Gasteiger partial charge in [-0.05, 0) is 45.6 Å². The van der Waals surface area contributed by atoms with Gasteiger partial charge in [0.15, 0.2) is 6.10 Å². The number of carbonyl (C=O) groups is 1. The molecule has 0 amide bonds. The number of carbonyl (C=O) groups excluding carboxylic acids is 1. The predicted octanol–water partition coefficient (Wildman–Crippen LogP) is 2.76. The van der Waals surface area contributed by atoms with Gasteiger partial charge in [0.2, 0.25) is 0 Å². The maximum atomic E-state index is 11.4. The minimum atomic E-state index is -1.24. The fourth-order valence-electron chi connectivity index (χ4n) is 1.88. The molecule has 0 aromatic heterocycles. The summed E-state index contributed by atoms with van der Waals surface area (Å²) in [5.41, 5.74) is -0.567. The molecule has 1 rings (SSSR count). The molecule has 104 valence electrons. The highest BCUT2D eigenvalue weighted by molar-refractivity contribution is 5.75. The first-order valence-electron chi connectivity index (χ1n) is 6.64. The van der Waals surface area contributed by atoms with E-state index in [1.165, 1.54) is 25.3 Å². The number of rotatable bonds is 4. The number of hydrogen-bond acceptors (Lipinski definition) is 4. The van der Waals surface area contributed by atoms with Crippen molar-refractivity contribution in [1.29, 1.82) is 0 Å². The Hall–Kier alpha value is -0.870. The van der Waals surface area contributed by atoms with Crippen molar-refractivity contribution in [1.82, 2.24) is 0 Å². The van der Waals surface area contributed by atoms with Crippen LogP contribution in [0.15, 0.2) is 12.2 Å². The first-order valence-corrected chi connectivity index (χ1v) is 6.64. The molecule has 18 heavy (non-hydrogen) atoms. The van der Waals surface area contributed by atoms with Crippen molar-refractivity contribution in [3.05, 3.63) is 12.2 Å². The quantitative estimate of drug-likeness (QED) is 0.477. The molecule has 0 saturated heterocycles. The summed E-state index contributed by atoms with van der Waals surface area (Å²) in [6, 6.07) is 0. The molecular formula is C14H24O4. The van der Waals surface area contributed by atoms with Crippen LogP contribution in [-0.4, -0.2) is 22.8 Å². The molecule has 1 fully saturated rings. The first kappa shape index (κ1) is 15.2. The summed E-state index contributed by atoms with van der Waals surface area (Å²) in [5.74, 6) is -0.290. The van der Waals surface area contributed by atoms with Crippen LogP contribution in [0.5, 0.6) is 0 Å². The minimum absolute atomic E-state index is 0.477. The average molecular weight is 256 g/mol. The van der Waals surface area contributed by atoms with Crippen molar-refractivity contribution < 1.29 is 19.7 Å². The molecule has 0 radical (unpaired) electrons. The van der Waals surface area contributed by atoms with Gasteiger partial charge in [0.25, 0.3) is 0 Å². The highest BCUT2D eigenvalue weighted by Gasteiger charge is 2.20. The van der Waals surface area contributed by atoms with Crippen LogP contribution in [0.4, 0.5) is 0 Å². The number of aliphatic hydroxyl groups is 1. The fourth-order valence-corrected chi connectivity index (χ4v) is 1.88. The standard InChI is InChI=1S/C14H24O4/c1-14(2,3)18-17-13(16)12(15)10-9-11-7-5-4-6-8-11/h9-12,15H,4-8H2,1-3H3/b10-9+/t12-/m0/s1. The van der Waals surface area contributed by atoms with Gasteiger partial charge in [0.05, 0.1) is 0 Å².